The molecular formula is C16H32N4. The van der Waals surface area contributed by atoms with Gasteiger partial charge in [-0.05, 0) is 46.3 Å². The van der Waals surface area contributed by atoms with Crippen molar-refractivity contribution in [3.63, 3.8) is 0 Å². The molecule has 3 rings (SSSR count). The SMILES string of the molecule is CCNC1CC2CCC(C1)N2CC1CN(C)CCN1C. The maximum atomic E-state index is 3.68. The number of hydrogen-bond acceptors (Lipinski definition) is 4. The first-order valence-corrected chi connectivity index (χ1v) is 8.55. The predicted molar refractivity (Wildman–Crippen MR) is 84.1 cm³/mol. The quantitative estimate of drug-likeness (QED) is 0.824. The Kier molecular flexibility index (Phi) is 4.65. The van der Waals surface area contributed by atoms with Crippen LogP contribution in [0.25, 0.3) is 0 Å². The van der Waals surface area contributed by atoms with Crippen molar-refractivity contribution in [2.24, 2.45) is 0 Å². The van der Waals surface area contributed by atoms with Gasteiger partial charge in [0.2, 0.25) is 0 Å². The Morgan fingerprint density at radius 1 is 1.05 bits per heavy atom. The average Bonchev–Trinajstić information content (AvgIpc) is 2.66. The summed E-state index contributed by atoms with van der Waals surface area (Å²) < 4.78 is 0. The normalized spacial score (nSPS) is 40.4. The lowest BCUT2D eigenvalue weighted by Crippen LogP contribution is -2.58. The maximum Gasteiger partial charge on any atom is 0.0348 e. The van der Waals surface area contributed by atoms with E-state index in [1.165, 1.54) is 51.9 Å². The summed E-state index contributed by atoms with van der Waals surface area (Å²) in [6, 6.07) is 3.20. The molecule has 0 radical (unpaired) electrons. The van der Waals surface area contributed by atoms with Gasteiger partial charge in [-0.2, -0.15) is 0 Å². The molecule has 0 saturated carbocycles. The molecule has 2 bridgehead atoms. The van der Waals surface area contributed by atoms with E-state index in [0.29, 0.717) is 0 Å². The van der Waals surface area contributed by atoms with Crippen molar-refractivity contribution in [3.05, 3.63) is 0 Å². The molecule has 4 nitrogen and oxygen atoms in total. The molecule has 3 aliphatic heterocycles. The molecule has 0 aliphatic carbocycles. The fraction of sp³-hybridized carbons (Fsp3) is 1.00. The second-order valence-corrected chi connectivity index (χ2v) is 7.20. The highest BCUT2D eigenvalue weighted by Gasteiger charge is 2.41. The van der Waals surface area contributed by atoms with E-state index in [1.54, 1.807) is 0 Å². The van der Waals surface area contributed by atoms with Crippen LogP contribution >= 0.6 is 0 Å². The van der Waals surface area contributed by atoms with E-state index in [1.807, 2.05) is 0 Å². The van der Waals surface area contributed by atoms with Crippen molar-refractivity contribution in [1.29, 1.82) is 0 Å². The van der Waals surface area contributed by atoms with Crippen LogP contribution in [-0.4, -0.2) is 85.7 Å². The number of fused-ring (bicyclic) bond motifs is 2. The van der Waals surface area contributed by atoms with Gasteiger partial charge in [-0.3, -0.25) is 9.80 Å². The molecule has 20 heavy (non-hydrogen) atoms. The Balaban J connectivity index is 1.58. The second-order valence-electron chi connectivity index (χ2n) is 7.20. The molecule has 4 heteroatoms. The molecule has 3 atom stereocenters. The van der Waals surface area contributed by atoms with E-state index >= 15 is 0 Å². The van der Waals surface area contributed by atoms with Crippen LogP contribution in [0.5, 0.6) is 0 Å². The number of likely N-dealkylation sites (N-methyl/N-ethyl adjacent to an activating group) is 2. The summed E-state index contributed by atoms with van der Waals surface area (Å²) in [5.41, 5.74) is 0. The third-order valence-corrected chi connectivity index (χ3v) is 5.78. The summed E-state index contributed by atoms with van der Waals surface area (Å²) >= 11 is 0. The molecule has 3 unspecified atom stereocenters. The highest BCUT2D eigenvalue weighted by molar-refractivity contribution is 4.99. The molecule has 0 aromatic heterocycles. The predicted octanol–water partition coefficient (Wildman–Crippen LogP) is 0.837. The van der Waals surface area contributed by atoms with Crippen molar-refractivity contribution in [3.8, 4) is 0 Å². The molecule has 0 aromatic carbocycles. The van der Waals surface area contributed by atoms with Crippen molar-refractivity contribution in [1.82, 2.24) is 20.0 Å². The van der Waals surface area contributed by atoms with E-state index < -0.39 is 0 Å². The van der Waals surface area contributed by atoms with E-state index in [2.05, 4.69) is 41.0 Å². The first-order chi connectivity index (χ1) is 9.67. The molecule has 0 spiro atoms. The lowest BCUT2D eigenvalue weighted by atomic mass is 9.96. The Morgan fingerprint density at radius 3 is 2.40 bits per heavy atom. The smallest absolute Gasteiger partial charge is 0.0348 e. The number of piperidine rings is 1. The first kappa shape index (κ1) is 14.8. The van der Waals surface area contributed by atoms with Gasteiger partial charge < -0.3 is 10.2 Å². The summed E-state index contributed by atoms with van der Waals surface area (Å²) in [6.45, 7) is 8.34. The third kappa shape index (κ3) is 3.03. The molecule has 3 saturated heterocycles. The second kappa shape index (κ2) is 6.30. The molecular weight excluding hydrogens is 248 g/mol. The third-order valence-electron chi connectivity index (χ3n) is 5.78. The van der Waals surface area contributed by atoms with Gasteiger partial charge in [0.15, 0.2) is 0 Å². The topological polar surface area (TPSA) is 21.8 Å². The van der Waals surface area contributed by atoms with Gasteiger partial charge >= 0.3 is 0 Å². The van der Waals surface area contributed by atoms with Gasteiger partial charge in [-0.25, -0.2) is 0 Å². The molecule has 1 N–H and O–H groups in total. The van der Waals surface area contributed by atoms with Crippen LogP contribution in [0.15, 0.2) is 0 Å². The summed E-state index contributed by atoms with van der Waals surface area (Å²) in [6.07, 6.45) is 5.60. The van der Waals surface area contributed by atoms with E-state index in [0.717, 1.165) is 30.7 Å². The summed E-state index contributed by atoms with van der Waals surface area (Å²) in [5.74, 6) is 0. The van der Waals surface area contributed by atoms with Crippen LogP contribution in [0.1, 0.15) is 32.6 Å². The monoisotopic (exact) mass is 280 g/mol. The average molecular weight is 280 g/mol. The Hall–Kier alpha value is -0.160. The molecule has 3 aliphatic rings. The van der Waals surface area contributed by atoms with Crippen LogP contribution < -0.4 is 5.32 Å². The molecule has 0 aromatic rings. The van der Waals surface area contributed by atoms with Crippen LogP contribution in [0.3, 0.4) is 0 Å². The van der Waals surface area contributed by atoms with E-state index in [9.17, 15) is 0 Å². The molecule has 3 fully saturated rings. The minimum atomic E-state index is 0.729. The van der Waals surface area contributed by atoms with Gasteiger partial charge in [0.05, 0.1) is 0 Å². The van der Waals surface area contributed by atoms with Crippen molar-refractivity contribution in [2.75, 3.05) is 46.8 Å². The van der Waals surface area contributed by atoms with E-state index in [4.69, 9.17) is 0 Å². The lowest BCUT2D eigenvalue weighted by molar-refractivity contribution is 0.0439. The van der Waals surface area contributed by atoms with Crippen LogP contribution in [-0.2, 0) is 0 Å². The van der Waals surface area contributed by atoms with Crippen molar-refractivity contribution in [2.45, 2.75) is 56.8 Å². The largest absolute Gasteiger partial charge is 0.314 e. The maximum absolute atomic E-state index is 3.68. The number of hydrogen-bond donors (Lipinski definition) is 1. The van der Waals surface area contributed by atoms with Crippen molar-refractivity contribution < 1.29 is 0 Å². The Bertz CT molecular complexity index is 308. The highest BCUT2D eigenvalue weighted by Crippen LogP contribution is 2.36. The van der Waals surface area contributed by atoms with Gasteiger partial charge in [-0.1, -0.05) is 6.92 Å². The van der Waals surface area contributed by atoms with Gasteiger partial charge in [0, 0.05) is 50.3 Å². The van der Waals surface area contributed by atoms with Crippen LogP contribution in [0, 0.1) is 0 Å². The Morgan fingerprint density at radius 2 is 1.75 bits per heavy atom. The summed E-state index contributed by atoms with van der Waals surface area (Å²) in [4.78, 5) is 7.93. The number of nitrogens with zero attached hydrogens (tertiary/aromatic N) is 3. The zero-order valence-electron chi connectivity index (χ0n) is 13.5. The standard InChI is InChI=1S/C16H32N4/c1-4-17-13-9-14-5-6-15(10-13)20(14)12-16-11-18(2)7-8-19(16)3/h13-17H,4-12H2,1-3H3. The molecule has 3 heterocycles. The highest BCUT2D eigenvalue weighted by atomic mass is 15.3. The summed E-state index contributed by atoms with van der Waals surface area (Å²) in [7, 11) is 4.58. The zero-order valence-corrected chi connectivity index (χ0v) is 13.5. The first-order valence-electron chi connectivity index (χ1n) is 8.55. The fourth-order valence-corrected chi connectivity index (χ4v) is 4.57. The van der Waals surface area contributed by atoms with Gasteiger partial charge in [0.1, 0.15) is 0 Å². The van der Waals surface area contributed by atoms with Gasteiger partial charge in [-0.15, -0.1) is 0 Å². The fourth-order valence-electron chi connectivity index (χ4n) is 4.57. The Labute approximate surface area is 124 Å². The van der Waals surface area contributed by atoms with Crippen molar-refractivity contribution >= 4 is 0 Å². The number of piperazine rings is 1. The minimum absolute atomic E-state index is 0.729. The van der Waals surface area contributed by atoms with Gasteiger partial charge in [0.25, 0.3) is 0 Å². The molecule has 0 amide bonds. The summed E-state index contributed by atoms with van der Waals surface area (Å²) in [5, 5.41) is 3.68. The number of nitrogens with one attached hydrogen (secondary N) is 1. The van der Waals surface area contributed by atoms with E-state index in [-0.39, 0.29) is 0 Å². The van der Waals surface area contributed by atoms with Crippen LogP contribution in [0.2, 0.25) is 0 Å². The molecule has 116 valence electrons. The lowest BCUT2D eigenvalue weighted by Gasteiger charge is -2.45. The number of rotatable bonds is 4. The minimum Gasteiger partial charge on any atom is -0.314 e. The van der Waals surface area contributed by atoms with Crippen LogP contribution in [0.4, 0.5) is 0 Å². The zero-order chi connectivity index (χ0) is 14.1.